The van der Waals surface area contributed by atoms with Gasteiger partial charge in [0, 0.05) is 37.8 Å². The molecule has 1 atom stereocenters. The third kappa shape index (κ3) is 1.99. The molecule has 0 bridgehead atoms. The first kappa shape index (κ1) is 9.74. The van der Waals surface area contributed by atoms with Crippen molar-refractivity contribution in [3.63, 3.8) is 0 Å². The van der Waals surface area contributed by atoms with Crippen LogP contribution in [0.15, 0.2) is 23.0 Å². The average molecular weight is 194 g/mol. The van der Waals surface area contributed by atoms with Crippen molar-refractivity contribution < 1.29 is 4.42 Å². The minimum absolute atomic E-state index is 0.538. The van der Waals surface area contributed by atoms with Crippen LogP contribution in [-0.4, -0.2) is 31.1 Å². The Hall–Kier alpha value is -0.800. The predicted octanol–water partition coefficient (Wildman–Crippen LogP) is 1.64. The van der Waals surface area contributed by atoms with Gasteiger partial charge in [-0.1, -0.05) is 6.92 Å². The lowest BCUT2D eigenvalue weighted by Crippen LogP contribution is -2.44. The van der Waals surface area contributed by atoms with Crippen LogP contribution >= 0.6 is 0 Å². The molecule has 1 aliphatic rings. The van der Waals surface area contributed by atoms with Gasteiger partial charge in [-0.05, 0) is 12.5 Å². The third-order valence-corrected chi connectivity index (χ3v) is 2.91. The van der Waals surface area contributed by atoms with Gasteiger partial charge in [0.05, 0.1) is 12.5 Å². The number of hydrogen-bond acceptors (Lipinski definition) is 3. The van der Waals surface area contributed by atoms with E-state index in [1.54, 1.807) is 6.26 Å². The van der Waals surface area contributed by atoms with E-state index in [4.69, 9.17) is 4.42 Å². The summed E-state index contributed by atoms with van der Waals surface area (Å²) >= 11 is 0. The zero-order chi connectivity index (χ0) is 9.80. The summed E-state index contributed by atoms with van der Waals surface area (Å²) in [6, 6.07) is 2.62. The summed E-state index contributed by atoms with van der Waals surface area (Å²) in [5, 5.41) is 3.37. The summed E-state index contributed by atoms with van der Waals surface area (Å²) in [5.74, 6) is 0. The van der Waals surface area contributed by atoms with Crippen LogP contribution in [0, 0.1) is 0 Å². The Morgan fingerprint density at radius 1 is 1.50 bits per heavy atom. The summed E-state index contributed by atoms with van der Waals surface area (Å²) in [4.78, 5) is 2.53. The van der Waals surface area contributed by atoms with Gasteiger partial charge in [0.2, 0.25) is 0 Å². The number of piperazine rings is 1. The molecule has 2 rings (SSSR count). The Labute approximate surface area is 85.1 Å². The molecule has 0 aliphatic carbocycles. The lowest BCUT2D eigenvalue weighted by atomic mass is 10.1. The molecule has 1 N–H and O–H groups in total. The summed E-state index contributed by atoms with van der Waals surface area (Å²) in [6.07, 6.45) is 4.79. The Morgan fingerprint density at radius 3 is 2.86 bits per heavy atom. The van der Waals surface area contributed by atoms with E-state index >= 15 is 0 Å². The summed E-state index contributed by atoms with van der Waals surface area (Å²) in [5.41, 5.74) is 1.31. The van der Waals surface area contributed by atoms with Crippen LogP contribution < -0.4 is 5.32 Å². The van der Waals surface area contributed by atoms with Gasteiger partial charge < -0.3 is 9.73 Å². The first-order chi connectivity index (χ1) is 6.92. The number of rotatable bonds is 3. The SMILES string of the molecule is CC[C@H](c1ccoc1)N1CCNCC1. The fraction of sp³-hybridized carbons (Fsp3) is 0.636. The maximum atomic E-state index is 5.15. The fourth-order valence-corrected chi connectivity index (χ4v) is 2.16. The molecule has 0 radical (unpaired) electrons. The molecule has 1 saturated heterocycles. The van der Waals surface area contributed by atoms with E-state index in [1.807, 2.05) is 6.26 Å². The van der Waals surface area contributed by atoms with E-state index in [0.717, 1.165) is 32.6 Å². The molecule has 0 amide bonds. The van der Waals surface area contributed by atoms with Crippen LogP contribution in [0.25, 0.3) is 0 Å². The highest BCUT2D eigenvalue weighted by molar-refractivity contribution is 5.11. The van der Waals surface area contributed by atoms with Gasteiger partial charge in [-0.3, -0.25) is 4.90 Å². The minimum Gasteiger partial charge on any atom is -0.472 e. The highest BCUT2D eigenvalue weighted by atomic mass is 16.3. The second-order valence-electron chi connectivity index (χ2n) is 3.77. The molecular weight excluding hydrogens is 176 g/mol. The number of nitrogens with one attached hydrogen (secondary N) is 1. The fourth-order valence-electron chi connectivity index (χ4n) is 2.16. The Morgan fingerprint density at radius 2 is 2.29 bits per heavy atom. The molecular formula is C11H18N2O. The highest BCUT2D eigenvalue weighted by Gasteiger charge is 2.20. The molecule has 0 unspecified atom stereocenters. The van der Waals surface area contributed by atoms with Crippen molar-refractivity contribution >= 4 is 0 Å². The summed E-state index contributed by atoms with van der Waals surface area (Å²) < 4.78 is 5.15. The molecule has 14 heavy (non-hydrogen) atoms. The molecule has 1 aromatic heterocycles. The molecule has 3 nitrogen and oxygen atoms in total. The second-order valence-corrected chi connectivity index (χ2v) is 3.77. The quantitative estimate of drug-likeness (QED) is 0.793. The maximum absolute atomic E-state index is 5.15. The maximum Gasteiger partial charge on any atom is 0.0950 e. The number of hydrogen-bond donors (Lipinski definition) is 1. The van der Waals surface area contributed by atoms with Crippen LogP contribution in [0.4, 0.5) is 0 Å². The average Bonchev–Trinajstić information content (AvgIpc) is 2.74. The number of furan rings is 1. The summed E-state index contributed by atoms with van der Waals surface area (Å²) in [6.45, 7) is 6.73. The van der Waals surface area contributed by atoms with Crippen LogP contribution in [0.1, 0.15) is 24.9 Å². The Balaban J connectivity index is 2.04. The lowest BCUT2D eigenvalue weighted by Gasteiger charge is -2.33. The van der Waals surface area contributed by atoms with Gasteiger partial charge in [0.1, 0.15) is 0 Å². The second kappa shape index (κ2) is 4.62. The lowest BCUT2D eigenvalue weighted by molar-refractivity contribution is 0.169. The van der Waals surface area contributed by atoms with Gasteiger partial charge >= 0.3 is 0 Å². The normalized spacial score (nSPS) is 20.9. The van der Waals surface area contributed by atoms with Crippen molar-refractivity contribution in [1.29, 1.82) is 0 Å². The van der Waals surface area contributed by atoms with E-state index in [0.29, 0.717) is 6.04 Å². The van der Waals surface area contributed by atoms with E-state index in [2.05, 4.69) is 23.2 Å². The van der Waals surface area contributed by atoms with Gasteiger partial charge in [-0.2, -0.15) is 0 Å². The third-order valence-electron chi connectivity index (χ3n) is 2.91. The van der Waals surface area contributed by atoms with Gasteiger partial charge in [-0.25, -0.2) is 0 Å². The molecule has 1 aromatic rings. The molecule has 2 heterocycles. The van der Waals surface area contributed by atoms with Crippen molar-refractivity contribution in [1.82, 2.24) is 10.2 Å². The molecule has 3 heteroatoms. The Kier molecular flexibility index (Phi) is 3.22. The van der Waals surface area contributed by atoms with Crippen LogP contribution in [0.3, 0.4) is 0 Å². The van der Waals surface area contributed by atoms with Crippen molar-refractivity contribution in [2.45, 2.75) is 19.4 Å². The van der Waals surface area contributed by atoms with Gasteiger partial charge in [0.15, 0.2) is 0 Å². The molecule has 1 fully saturated rings. The van der Waals surface area contributed by atoms with Crippen molar-refractivity contribution in [2.24, 2.45) is 0 Å². The predicted molar refractivity (Wildman–Crippen MR) is 56.2 cm³/mol. The van der Waals surface area contributed by atoms with Crippen molar-refractivity contribution in [2.75, 3.05) is 26.2 Å². The molecule has 0 spiro atoms. The largest absolute Gasteiger partial charge is 0.472 e. The van der Waals surface area contributed by atoms with Crippen LogP contribution in [0.5, 0.6) is 0 Å². The monoisotopic (exact) mass is 194 g/mol. The Bertz CT molecular complexity index is 252. The smallest absolute Gasteiger partial charge is 0.0950 e. The zero-order valence-electron chi connectivity index (χ0n) is 8.70. The van der Waals surface area contributed by atoms with E-state index in [1.165, 1.54) is 5.56 Å². The van der Waals surface area contributed by atoms with Crippen molar-refractivity contribution in [3.05, 3.63) is 24.2 Å². The molecule has 1 aliphatic heterocycles. The zero-order valence-corrected chi connectivity index (χ0v) is 8.70. The van der Waals surface area contributed by atoms with Gasteiger partial charge in [-0.15, -0.1) is 0 Å². The molecule has 0 saturated carbocycles. The first-order valence-electron chi connectivity index (χ1n) is 5.38. The number of nitrogens with zero attached hydrogens (tertiary/aromatic N) is 1. The first-order valence-corrected chi connectivity index (χ1v) is 5.38. The van der Waals surface area contributed by atoms with E-state index in [-0.39, 0.29) is 0 Å². The van der Waals surface area contributed by atoms with E-state index < -0.39 is 0 Å². The molecule has 78 valence electrons. The molecule has 0 aromatic carbocycles. The minimum atomic E-state index is 0.538. The van der Waals surface area contributed by atoms with Crippen LogP contribution in [0.2, 0.25) is 0 Å². The van der Waals surface area contributed by atoms with Crippen molar-refractivity contribution in [3.8, 4) is 0 Å². The highest BCUT2D eigenvalue weighted by Crippen LogP contribution is 2.24. The van der Waals surface area contributed by atoms with Gasteiger partial charge in [0.25, 0.3) is 0 Å². The standard InChI is InChI=1S/C11H18N2O/c1-2-11(10-3-8-14-9-10)13-6-4-12-5-7-13/h3,8-9,11-12H,2,4-7H2,1H3/t11-/m1/s1. The van der Waals surface area contributed by atoms with Crippen LogP contribution in [-0.2, 0) is 0 Å². The topological polar surface area (TPSA) is 28.4 Å². The van der Waals surface area contributed by atoms with E-state index in [9.17, 15) is 0 Å². The summed E-state index contributed by atoms with van der Waals surface area (Å²) in [7, 11) is 0.